The molecule has 0 atom stereocenters. The van der Waals surface area contributed by atoms with Crippen LogP contribution in [0.3, 0.4) is 0 Å². The summed E-state index contributed by atoms with van der Waals surface area (Å²) in [6.07, 6.45) is 2.23. The fourth-order valence-electron chi connectivity index (χ4n) is 1.64. The molecule has 0 spiro atoms. The molecule has 0 aliphatic heterocycles. The van der Waals surface area contributed by atoms with Gasteiger partial charge in [-0.3, -0.25) is 9.59 Å². The number of carbonyl (C=O) groups excluding carboxylic acids is 2. The van der Waals surface area contributed by atoms with Crippen LogP contribution in [0.4, 0.5) is 0 Å². The average molecular weight is 296 g/mol. The maximum Gasteiger partial charge on any atom is 0.251 e. The predicted octanol–water partition coefficient (Wildman–Crippen LogP) is 0.840. The van der Waals surface area contributed by atoms with Crippen molar-refractivity contribution in [3.05, 3.63) is 17.7 Å². The summed E-state index contributed by atoms with van der Waals surface area (Å²) >= 11 is 0. The molecule has 1 rings (SSSR count). The van der Waals surface area contributed by atoms with Gasteiger partial charge in [-0.25, -0.2) is 0 Å². The molecule has 7 nitrogen and oxygen atoms in total. The summed E-state index contributed by atoms with van der Waals surface area (Å²) in [7, 11) is 0. The van der Waals surface area contributed by atoms with Gasteiger partial charge in [-0.2, -0.15) is 0 Å². The van der Waals surface area contributed by atoms with E-state index in [1.54, 1.807) is 0 Å². The van der Waals surface area contributed by atoms with Crippen LogP contribution in [0.25, 0.3) is 0 Å². The molecule has 0 unspecified atom stereocenters. The Balaban J connectivity index is 2.39. The fraction of sp³-hybridized carbons (Fsp3) is 0.429. The second-order valence-corrected chi connectivity index (χ2v) is 4.57. The van der Waals surface area contributed by atoms with Gasteiger partial charge >= 0.3 is 0 Å². The molecule has 0 saturated heterocycles. The number of nitrogens with one attached hydrogen (secondary N) is 2. The average Bonchev–Trinajstić information content (AvgIpc) is 2.46. The van der Waals surface area contributed by atoms with Crippen molar-refractivity contribution in [1.29, 1.82) is 0 Å². The van der Waals surface area contributed by atoms with Crippen LogP contribution in [0, 0.1) is 0 Å². The minimum Gasteiger partial charge on any atom is -0.504 e. The van der Waals surface area contributed by atoms with Crippen LogP contribution >= 0.6 is 0 Å². The van der Waals surface area contributed by atoms with Gasteiger partial charge in [-0.05, 0) is 18.6 Å². The summed E-state index contributed by atoms with van der Waals surface area (Å²) in [5, 5.41) is 33.0. The third kappa shape index (κ3) is 5.21. The maximum atomic E-state index is 11.7. The number of aromatic hydroxyl groups is 3. The van der Waals surface area contributed by atoms with E-state index in [0.29, 0.717) is 13.0 Å². The van der Waals surface area contributed by atoms with Crippen LogP contribution in [-0.4, -0.2) is 40.2 Å². The molecule has 7 heteroatoms. The third-order valence-electron chi connectivity index (χ3n) is 2.82. The van der Waals surface area contributed by atoms with Crippen molar-refractivity contribution in [2.75, 3.05) is 13.1 Å². The SMILES string of the molecule is CCCCC(=O)NCCNC(=O)c1cc(O)c(O)c(O)c1. The Morgan fingerprint density at radius 3 is 2.19 bits per heavy atom. The molecule has 0 bridgehead atoms. The lowest BCUT2D eigenvalue weighted by atomic mass is 10.1. The molecular formula is C14H20N2O5. The van der Waals surface area contributed by atoms with Crippen molar-refractivity contribution in [3.63, 3.8) is 0 Å². The number of phenols is 3. The van der Waals surface area contributed by atoms with Crippen molar-refractivity contribution >= 4 is 11.8 Å². The van der Waals surface area contributed by atoms with Crippen molar-refractivity contribution in [2.45, 2.75) is 26.2 Å². The van der Waals surface area contributed by atoms with E-state index in [-0.39, 0.29) is 18.0 Å². The van der Waals surface area contributed by atoms with Gasteiger partial charge in [0.15, 0.2) is 17.2 Å². The highest BCUT2D eigenvalue weighted by Crippen LogP contribution is 2.35. The van der Waals surface area contributed by atoms with Crippen LogP contribution < -0.4 is 10.6 Å². The number of benzene rings is 1. The minimum absolute atomic E-state index is 0.0140. The van der Waals surface area contributed by atoms with Crippen molar-refractivity contribution in [1.82, 2.24) is 10.6 Å². The van der Waals surface area contributed by atoms with Gasteiger partial charge in [-0.15, -0.1) is 0 Å². The topological polar surface area (TPSA) is 119 Å². The zero-order valence-corrected chi connectivity index (χ0v) is 11.8. The molecule has 2 amide bonds. The molecule has 0 saturated carbocycles. The molecular weight excluding hydrogens is 276 g/mol. The molecule has 1 aromatic carbocycles. The second kappa shape index (κ2) is 7.98. The molecule has 1 aromatic rings. The van der Waals surface area contributed by atoms with E-state index in [9.17, 15) is 24.9 Å². The highest BCUT2D eigenvalue weighted by atomic mass is 16.3. The number of rotatable bonds is 7. The van der Waals surface area contributed by atoms with Gasteiger partial charge in [0.05, 0.1) is 0 Å². The first-order valence-electron chi connectivity index (χ1n) is 6.75. The normalized spacial score (nSPS) is 10.1. The van der Waals surface area contributed by atoms with Gasteiger partial charge in [0.2, 0.25) is 5.91 Å². The standard InChI is InChI=1S/C14H20N2O5/c1-2-3-4-12(19)15-5-6-16-14(21)9-7-10(17)13(20)11(18)8-9/h7-8,17-18,20H,2-6H2,1H3,(H,15,19)(H,16,21). The minimum atomic E-state index is -0.672. The molecule has 0 aromatic heterocycles. The van der Waals surface area contributed by atoms with E-state index in [0.717, 1.165) is 25.0 Å². The summed E-state index contributed by atoms with van der Waals surface area (Å²) in [4.78, 5) is 23.1. The van der Waals surface area contributed by atoms with Crippen LogP contribution in [0.5, 0.6) is 17.2 Å². The number of hydrogen-bond acceptors (Lipinski definition) is 5. The summed E-state index contributed by atoms with van der Waals surface area (Å²) in [6.45, 7) is 2.51. The van der Waals surface area contributed by atoms with Gasteiger partial charge in [-0.1, -0.05) is 13.3 Å². The second-order valence-electron chi connectivity index (χ2n) is 4.57. The highest BCUT2D eigenvalue weighted by molar-refractivity contribution is 5.95. The Hall–Kier alpha value is -2.44. The van der Waals surface area contributed by atoms with E-state index in [1.165, 1.54) is 0 Å². The van der Waals surface area contributed by atoms with Crippen LogP contribution in [0.1, 0.15) is 36.5 Å². The molecule has 116 valence electrons. The lowest BCUT2D eigenvalue weighted by Crippen LogP contribution is -2.34. The highest BCUT2D eigenvalue weighted by Gasteiger charge is 2.13. The summed E-state index contributed by atoms with van der Waals surface area (Å²) < 4.78 is 0. The van der Waals surface area contributed by atoms with Gasteiger partial charge < -0.3 is 26.0 Å². The van der Waals surface area contributed by atoms with E-state index in [2.05, 4.69) is 10.6 Å². The first kappa shape index (κ1) is 16.6. The summed E-state index contributed by atoms with van der Waals surface area (Å²) in [5.41, 5.74) is 0.0140. The van der Waals surface area contributed by atoms with Gasteiger partial charge in [0.1, 0.15) is 0 Å². The monoisotopic (exact) mass is 296 g/mol. The molecule has 0 radical (unpaired) electrons. The molecule has 21 heavy (non-hydrogen) atoms. The largest absolute Gasteiger partial charge is 0.504 e. The lowest BCUT2D eigenvalue weighted by molar-refractivity contribution is -0.121. The number of hydrogen-bond donors (Lipinski definition) is 5. The third-order valence-corrected chi connectivity index (χ3v) is 2.82. The quantitative estimate of drug-likeness (QED) is 0.377. The predicted molar refractivity (Wildman–Crippen MR) is 76.3 cm³/mol. The van der Waals surface area contributed by atoms with E-state index in [4.69, 9.17) is 0 Å². The van der Waals surface area contributed by atoms with Crippen LogP contribution in [0.15, 0.2) is 12.1 Å². The number of unbranched alkanes of at least 4 members (excludes halogenated alkanes) is 1. The smallest absolute Gasteiger partial charge is 0.251 e. The van der Waals surface area contributed by atoms with E-state index < -0.39 is 23.2 Å². The van der Waals surface area contributed by atoms with Gasteiger partial charge in [0, 0.05) is 25.1 Å². The number of carbonyl (C=O) groups is 2. The molecule has 0 aliphatic carbocycles. The first-order valence-corrected chi connectivity index (χ1v) is 6.75. The Kier molecular flexibility index (Phi) is 6.32. The lowest BCUT2D eigenvalue weighted by Gasteiger charge is -2.08. The Morgan fingerprint density at radius 2 is 1.62 bits per heavy atom. The zero-order valence-electron chi connectivity index (χ0n) is 11.8. The summed E-state index contributed by atoms with van der Waals surface area (Å²) in [6, 6.07) is 2.09. The Bertz CT molecular complexity index is 493. The van der Waals surface area contributed by atoms with E-state index in [1.807, 2.05) is 6.92 Å². The molecule has 0 heterocycles. The fourth-order valence-corrected chi connectivity index (χ4v) is 1.64. The Labute approximate surface area is 122 Å². The van der Waals surface area contributed by atoms with E-state index >= 15 is 0 Å². The first-order chi connectivity index (χ1) is 9.95. The Morgan fingerprint density at radius 1 is 1.05 bits per heavy atom. The maximum absolute atomic E-state index is 11.7. The van der Waals surface area contributed by atoms with Crippen LogP contribution in [0.2, 0.25) is 0 Å². The summed E-state index contributed by atoms with van der Waals surface area (Å²) in [5.74, 6) is -2.41. The van der Waals surface area contributed by atoms with Gasteiger partial charge in [0.25, 0.3) is 5.91 Å². The van der Waals surface area contributed by atoms with Crippen molar-refractivity contribution < 1.29 is 24.9 Å². The molecule has 0 fully saturated rings. The zero-order chi connectivity index (χ0) is 15.8. The van der Waals surface area contributed by atoms with Crippen molar-refractivity contribution in [2.24, 2.45) is 0 Å². The van der Waals surface area contributed by atoms with Crippen LogP contribution in [-0.2, 0) is 4.79 Å². The van der Waals surface area contributed by atoms with Crippen molar-refractivity contribution in [3.8, 4) is 17.2 Å². The number of phenolic OH excluding ortho intramolecular Hbond substituents is 3. The molecule has 5 N–H and O–H groups in total. The number of amides is 2. The molecule has 0 aliphatic rings.